The molecule has 0 saturated carbocycles. The van der Waals surface area contributed by atoms with E-state index in [4.69, 9.17) is 5.73 Å². The zero-order valence-corrected chi connectivity index (χ0v) is 22.5. The fraction of sp³-hybridized carbons (Fsp3) is 0.556. The van der Waals surface area contributed by atoms with Gasteiger partial charge in [0.25, 0.3) is 0 Å². The van der Waals surface area contributed by atoms with Crippen molar-refractivity contribution in [3.05, 3.63) is 46.5 Å². The number of β-lactam (4-membered cyclic amide) rings is 1. The van der Waals surface area contributed by atoms with Gasteiger partial charge in [0, 0.05) is 43.1 Å². The van der Waals surface area contributed by atoms with E-state index in [0.29, 0.717) is 24.3 Å². The van der Waals surface area contributed by atoms with Crippen LogP contribution in [0.2, 0.25) is 0 Å². The number of thioether (sulfide) groups is 1. The van der Waals surface area contributed by atoms with Crippen LogP contribution in [0, 0.1) is 17.8 Å². The minimum absolute atomic E-state index is 0.00182. The van der Waals surface area contributed by atoms with Crippen molar-refractivity contribution in [3.8, 4) is 0 Å². The number of hydrogen-bond donors (Lipinski definition) is 3. The van der Waals surface area contributed by atoms with E-state index in [2.05, 4.69) is 5.32 Å². The van der Waals surface area contributed by atoms with E-state index in [9.17, 15) is 24.3 Å². The van der Waals surface area contributed by atoms with Gasteiger partial charge in [0.15, 0.2) is 0 Å². The molecule has 7 atom stereocenters. The van der Waals surface area contributed by atoms with Crippen molar-refractivity contribution in [2.24, 2.45) is 23.5 Å². The summed E-state index contributed by atoms with van der Waals surface area (Å²) in [5.41, 5.74) is 7.22. The number of hydrogen-bond acceptors (Lipinski definition) is 7. The van der Waals surface area contributed by atoms with Crippen LogP contribution in [-0.2, 0) is 25.6 Å². The molecule has 2 fully saturated rings. The van der Waals surface area contributed by atoms with Gasteiger partial charge in [0.2, 0.25) is 11.8 Å². The molecule has 1 aromatic rings. The van der Waals surface area contributed by atoms with Gasteiger partial charge in [-0.25, -0.2) is 4.79 Å². The van der Waals surface area contributed by atoms with E-state index in [0.717, 1.165) is 5.56 Å². The minimum Gasteiger partial charge on any atom is -0.477 e. The Bertz CT molecular complexity index is 1110. The molecule has 0 aliphatic carbocycles. The van der Waals surface area contributed by atoms with Gasteiger partial charge in [-0.15, -0.1) is 11.8 Å². The van der Waals surface area contributed by atoms with E-state index < -0.39 is 17.9 Å². The van der Waals surface area contributed by atoms with Crippen molar-refractivity contribution >= 4 is 35.3 Å². The van der Waals surface area contributed by atoms with E-state index in [1.807, 2.05) is 44.2 Å². The number of amides is 2. The van der Waals surface area contributed by atoms with Crippen LogP contribution >= 0.6 is 11.8 Å². The Kier molecular flexibility index (Phi) is 8.11. The predicted octanol–water partition coefficient (Wildman–Crippen LogP) is 1.48. The topological polar surface area (TPSA) is 133 Å². The van der Waals surface area contributed by atoms with E-state index in [1.54, 1.807) is 19.0 Å². The quantitative estimate of drug-likeness (QED) is 0.389. The van der Waals surface area contributed by atoms with Crippen LogP contribution in [0.3, 0.4) is 0 Å². The molecule has 0 bridgehead atoms. The molecular formula is C27H36N4O5S. The number of nitrogens with zero attached hydrogens (tertiary/aromatic N) is 2. The first-order chi connectivity index (χ1) is 17.5. The highest BCUT2D eigenvalue weighted by molar-refractivity contribution is 8.03. The molecule has 0 unspecified atom stereocenters. The monoisotopic (exact) mass is 528 g/mol. The lowest BCUT2D eigenvalue weighted by Crippen LogP contribution is -2.62. The summed E-state index contributed by atoms with van der Waals surface area (Å²) in [5, 5.41) is 13.3. The molecule has 0 spiro atoms. The third-order valence-corrected chi connectivity index (χ3v) is 9.27. The van der Waals surface area contributed by atoms with Crippen molar-refractivity contribution in [3.63, 3.8) is 0 Å². The molecular weight excluding hydrogens is 492 g/mol. The average molecular weight is 529 g/mol. The molecule has 200 valence electrons. The van der Waals surface area contributed by atoms with Crippen molar-refractivity contribution < 1.29 is 24.3 Å². The second-order valence-corrected chi connectivity index (χ2v) is 12.0. The number of likely N-dealkylation sites (N-methyl/N-ethyl adjacent to an activating group) is 1. The third-order valence-electron chi connectivity index (χ3n) is 7.76. The molecule has 3 aliphatic heterocycles. The average Bonchev–Trinajstić information content (AvgIpc) is 3.40. The summed E-state index contributed by atoms with van der Waals surface area (Å²) >= 11 is 1.46. The van der Waals surface area contributed by atoms with Crippen molar-refractivity contribution in [1.82, 2.24) is 15.1 Å². The number of carboxylic acids is 1. The number of Topliss-reactive ketones (excluding diaryl/α,β-unsaturated/α-hetero) is 1. The van der Waals surface area contributed by atoms with Gasteiger partial charge in [0.05, 0.1) is 24.0 Å². The van der Waals surface area contributed by atoms with Gasteiger partial charge in [-0.05, 0) is 24.3 Å². The molecule has 2 saturated heterocycles. The van der Waals surface area contributed by atoms with E-state index in [-0.39, 0.29) is 58.9 Å². The summed E-state index contributed by atoms with van der Waals surface area (Å²) in [7, 11) is 3.43. The molecule has 0 aromatic heterocycles. The van der Waals surface area contributed by atoms with Gasteiger partial charge >= 0.3 is 5.97 Å². The molecule has 3 heterocycles. The third kappa shape index (κ3) is 5.32. The zero-order valence-electron chi connectivity index (χ0n) is 21.7. The van der Waals surface area contributed by atoms with Gasteiger partial charge in [-0.2, -0.15) is 0 Å². The fourth-order valence-corrected chi connectivity index (χ4v) is 7.30. The maximum Gasteiger partial charge on any atom is 0.353 e. The molecule has 37 heavy (non-hydrogen) atoms. The summed E-state index contributed by atoms with van der Waals surface area (Å²) in [5.74, 6) is -2.31. The van der Waals surface area contributed by atoms with Crippen LogP contribution in [0.5, 0.6) is 0 Å². The van der Waals surface area contributed by atoms with Crippen LogP contribution < -0.4 is 11.1 Å². The van der Waals surface area contributed by atoms with E-state index >= 15 is 0 Å². The number of aliphatic carboxylic acids is 1. The normalized spacial score (nSPS) is 28.5. The standard InChI is InChI=1S/C27H36N4O5S/c1-14(10-20(32)18(28)11-16-8-6-5-7-9-16)21-22-15(2)24(23(27(35)36)31(22)26(21)34)37-17-12-19(29-13-17)25(33)30(3)4/h5-9,14-15,17-19,21-22,29H,10-13,28H2,1-4H3,(H,35,36)/t14-,15+,17-,18-,19-,21+,22+/m0/s1. The highest BCUT2D eigenvalue weighted by Gasteiger charge is 2.60. The number of carbonyl (C=O) groups is 4. The smallest absolute Gasteiger partial charge is 0.353 e. The first-order valence-corrected chi connectivity index (χ1v) is 13.6. The second kappa shape index (κ2) is 11.0. The lowest BCUT2D eigenvalue weighted by Gasteiger charge is -2.47. The number of nitrogens with two attached hydrogens (primary N) is 1. The Labute approximate surface area is 221 Å². The Morgan fingerprint density at radius 3 is 2.54 bits per heavy atom. The van der Waals surface area contributed by atoms with Crippen LogP contribution in [0.15, 0.2) is 40.9 Å². The maximum absolute atomic E-state index is 13.2. The number of fused-ring (bicyclic) bond motifs is 1. The number of ketones is 1. The van der Waals surface area contributed by atoms with Crippen molar-refractivity contribution in [2.75, 3.05) is 20.6 Å². The molecule has 3 aliphatic rings. The molecule has 2 amide bonds. The highest BCUT2D eigenvalue weighted by Crippen LogP contribution is 2.53. The zero-order chi connectivity index (χ0) is 27.0. The van der Waals surface area contributed by atoms with Gasteiger partial charge < -0.3 is 26.0 Å². The number of nitrogens with one attached hydrogen (secondary N) is 1. The van der Waals surface area contributed by atoms with Crippen LogP contribution in [0.25, 0.3) is 0 Å². The molecule has 9 nitrogen and oxygen atoms in total. The largest absolute Gasteiger partial charge is 0.477 e. The molecule has 10 heteroatoms. The van der Waals surface area contributed by atoms with E-state index in [1.165, 1.54) is 16.7 Å². The maximum atomic E-state index is 13.2. The Balaban J connectivity index is 1.42. The van der Waals surface area contributed by atoms with Crippen molar-refractivity contribution in [2.45, 2.75) is 56.5 Å². The molecule has 1 aromatic carbocycles. The van der Waals surface area contributed by atoms with Crippen molar-refractivity contribution in [1.29, 1.82) is 0 Å². The fourth-order valence-electron chi connectivity index (χ4n) is 5.82. The number of benzene rings is 1. The molecule has 4 N–H and O–H groups in total. The van der Waals surface area contributed by atoms with Gasteiger partial charge in [-0.3, -0.25) is 14.4 Å². The summed E-state index contributed by atoms with van der Waals surface area (Å²) in [6.45, 7) is 4.42. The first kappa shape index (κ1) is 27.3. The number of carbonyl (C=O) groups excluding carboxylic acids is 3. The summed E-state index contributed by atoms with van der Waals surface area (Å²) in [4.78, 5) is 54.3. The predicted molar refractivity (Wildman–Crippen MR) is 141 cm³/mol. The number of rotatable bonds is 10. The molecule has 0 radical (unpaired) electrons. The van der Waals surface area contributed by atoms with Crippen LogP contribution in [-0.4, -0.2) is 82.5 Å². The lowest BCUT2D eigenvalue weighted by atomic mass is 9.73. The van der Waals surface area contributed by atoms with Gasteiger partial charge in [-0.1, -0.05) is 44.2 Å². The molecule has 4 rings (SSSR count). The summed E-state index contributed by atoms with van der Waals surface area (Å²) in [6.07, 6.45) is 1.21. The SMILES string of the molecule is C[C@@H](CC(=O)[C@@H](N)Cc1ccccc1)[C@H]1C(=O)N2C(C(=O)O)=C(S[C@@H]3CN[C@H](C(=O)N(C)C)C3)[C@H](C)[C@H]12. The Hall–Kier alpha value is -2.69. The number of carboxylic acid groups (broad SMARTS) is 1. The van der Waals surface area contributed by atoms with Crippen LogP contribution in [0.4, 0.5) is 0 Å². The lowest BCUT2D eigenvalue weighted by molar-refractivity contribution is -0.160. The Morgan fingerprint density at radius 1 is 1.24 bits per heavy atom. The Morgan fingerprint density at radius 2 is 1.92 bits per heavy atom. The minimum atomic E-state index is -1.12. The van der Waals surface area contributed by atoms with Gasteiger partial charge in [0.1, 0.15) is 11.5 Å². The summed E-state index contributed by atoms with van der Waals surface area (Å²) < 4.78 is 0. The highest BCUT2D eigenvalue weighted by atomic mass is 32.2. The first-order valence-electron chi connectivity index (χ1n) is 12.7. The summed E-state index contributed by atoms with van der Waals surface area (Å²) in [6, 6.07) is 8.35. The second-order valence-electron chi connectivity index (χ2n) is 10.6. The van der Waals surface area contributed by atoms with Crippen LogP contribution in [0.1, 0.15) is 32.3 Å².